The highest BCUT2D eigenvalue weighted by molar-refractivity contribution is 7.17. The predicted octanol–water partition coefficient (Wildman–Crippen LogP) is 2.78. The normalized spacial score (nSPS) is 15.8. The van der Waals surface area contributed by atoms with Gasteiger partial charge < -0.3 is 4.90 Å². The maximum atomic E-state index is 12.6. The van der Waals surface area contributed by atoms with Crippen molar-refractivity contribution in [2.24, 2.45) is 5.92 Å². The lowest BCUT2D eigenvalue weighted by Crippen LogP contribution is -2.36. The zero-order valence-corrected chi connectivity index (χ0v) is 13.2. The van der Waals surface area contributed by atoms with E-state index in [9.17, 15) is 4.79 Å². The largest absolute Gasteiger partial charge is 0.338 e. The van der Waals surface area contributed by atoms with Crippen LogP contribution in [0.3, 0.4) is 0 Å². The van der Waals surface area contributed by atoms with Gasteiger partial charge in [0, 0.05) is 25.5 Å². The summed E-state index contributed by atoms with van der Waals surface area (Å²) in [6.07, 6.45) is 5.82. The van der Waals surface area contributed by atoms with Gasteiger partial charge in [-0.1, -0.05) is 0 Å². The van der Waals surface area contributed by atoms with E-state index in [0.717, 1.165) is 5.69 Å². The van der Waals surface area contributed by atoms with Crippen LogP contribution < -0.4 is 0 Å². The van der Waals surface area contributed by atoms with Crippen LogP contribution in [-0.4, -0.2) is 38.8 Å². The molecule has 0 unspecified atom stereocenters. The van der Waals surface area contributed by atoms with Gasteiger partial charge in [0.15, 0.2) is 10.8 Å². The summed E-state index contributed by atoms with van der Waals surface area (Å²) in [6, 6.07) is 2.05. The maximum absolute atomic E-state index is 12.6. The first-order chi connectivity index (χ1) is 10.1. The van der Waals surface area contributed by atoms with Gasteiger partial charge in [0.25, 0.3) is 5.91 Å². The van der Waals surface area contributed by atoms with E-state index in [2.05, 4.69) is 21.9 Å². The summed E-state index contributed by atoms with van der Waals surface area (Å²) in [5.41, 5.74) is 0.752. The van der Waals surface area contributed by atoms with Crippen molar-refractivity contribution in [3.8, 4) is 10.8 Å². The van der Waals surface area contributed by atoms with Crippen LogP contribution in [0.2, 0.25) is 0 Å². The molecule has 2 aromatic rings. The minimum atomic E-state index is 0.0478. The highest BCUT2D eigenvalue weighted by atomic mass is 32.1. The molecule has 1 saturated carbocycles. The summed E-state index contributed by atoms with van der Waals surface area (Å²) in [5.74, 6) is 1.28. The van der Waals surface area contributed by atoms with Crippen molar-refractivity contribution in [1.29, 1.82) is 0 Å². The molecule has 6 heteroatoms. The molecule has 0 N–H and O–H groups in total. The van der Waals surface area contributed by atoms with E-state index >= 15 is 0 Å². The van der Waals surface area contributed by atoms with Gasteiger partial charge in [0.1, 0.15) is 4.88 Å². The number of aromatic nitrogens is 3. The average molecular weight is 302 g/mol. The van der Waals surface area contributed by atoms with E-state index in [-0.39, 0.29) is 11.9 Å². The van der Waals surface area contributed by atoms with Crippen molar-refractivity contribution in [1.82, 2.24) is 19.9 Å². The fraction of sp³-hybridized carbons (Fsp3) is 0.467. The first kappa shape index (κ1) is 14.1. The molecule has 1 amide bonds. The third kappa shape index (κ3) is 2.81. The fourth-order valence-electron chi connectivity index (χ4n) is 2.34. The molecule has 1 aliphatic rings. The molecule has 0 spiro atoms. The van der Waals surface area contributed by atoms with Crippen LogP contribution in [0.25, 0.3) is 10.8 Å². The summed E-state index contributed by atoms with van der Waals surface area (Å²) in [4.78, 5) is 28.0. The van der Waals surface area contributed by atoms with Crippen molar-refractivity contribution in [3.63, 3.8) is 0 Å². The second-order valence-electron chi connectivity index (χ2n) is 5.50. The van der Waals surface area contributed by atoms with Crippen molar-refractivity contribution in [3.05, 3.63) is 29.0 Å². The molecule has 0 saturated heterocycles. The Labute approximate surface area is 128 Å². The molecule has 3 rings (SSSR count). The standard InChI is InChI=1S/C15H18N4OS/c1-9-12(15(20)19(3)10(2)11-5-6-11)21-14(18-9)13-16-7-4-8-17-13/h4,7-8,10-11H,5-6H2,1-3H3/t10-/m0/s1. The molecule has 2 aromatic heterocycles. The summed E-state index contributed by atoms with van der Waals surface area (Å²) in [5, 5.41) is 0.698. The molecule has 110 valence electrons. The summed E-state index contributed by atoms with van der Waals surface area (Å²) >= 11 is 1.37. The van der Waals surface area contributed by atoms with E-state index < -0.39 is 0 Å². The average Bonchev–Trinajstić information content (AvgIpc) is 3.28. The first-order valence-electron chi connectivity index (χ1n) is 7.10. The van der Waals surface area contributed by atoms with Crippen LogP contribution >= 0.6 is 11.3 Å². The van der Waals surface area contributed by atoms with Crippen LogP contribution in [0.15, 0.2) is 18.5 Å². The number of aryl methyl sites for hydroxylation is 1. The number of rotatable bonds is 4. The van der Waals surface area contributed by atoms with Gasteiger partial charge in [0.05, 0.1) is 5.69 Å². The van der Waals surface area contributed by atoms with Gasteiger partial charge in [-0.3, -0.25) is 4.79 Å². The highest BCUT2D eigenvalue weighted by Crippen LogP contribution is 2.36. The molecule has 1 atom stereocenters. The first-order valence-corrected chi connectivity index (χ1v) is 7.91. The Morgan fingerprint density at radius 2 is 2.05 bits per heavy atom. The number of nitrogens with zero attached hydrogens (tertiary/aromatic N) is 4. The topological polar surface area (TPSA) is 59.0 Å². The minimum Gasteiger partial charge on any atom is -0.338 e. The van der Waals surface area contributed by atoms with Crippen LogP contribution in [0, 0.1) is 12.8 Å². The molecule has 1 aliphatic carbocycles. The molecule has 1 fully saturated rings. The Hall–Kier alpha value is -1.82. The Kier molecular flexibility index (Phi) is 3.71. The van der Waals surface area contributed by atoms with E-state index in [4.69, 9.17) is 0 Å². The summed E-state index contributed by atoms with van der Waals surface area (Å²) in [7, 11) is 1.88. The van der Waals surface area contributed by atoms with E-state index in [1.165, 1.54) is 24.2 Å². The number of carbonyl (C=O) groups excluding carboxylic acids is 1. The Balaban J connectivity index is 1.85. The third-order valence-corrected chi connectivity index (χ3v) is 5.12. The molecule has 2 heterocycles. The van der Waals surface area contributed by atoms with E-state index in [1.54, 1.807) is 18.5 Å². The SMILES string of the molecule is Cc1nc(-c2ncccn2)sc1C(=O)N(C)[C@@H](C)C1CC1. The lowest BCUT2D eigenvalue weighted by atomic mass is 10.2. The zero-order chi connectivity index (χ0) is 15.0. The van der Waals surface area contributed by atoms with Crippen LogP contribution in [-0.2, 0) is 0 Å². The van der Waals surface area contributed by atoms with Gasteiger partial charge >= 0.3 is 0 Å². The maximum Gasteiger partial charge on any atom is 0.265 e. The molecule has 5 nitrogen and oxygen atoms in total. The number of carbonyl (C=O) groups is 1. The van der Waals surface area contributed by atoms with Crippen molar-refractivity contribution < 1.29 is 4.79 Å². The summed E-state index contributed by atoms with van der Waals surface area (Å²) in [6.45, 7) is 3.99. The summed E-state index contributed by atoms with van der Waals surface area (Å²) < 4.78 is 0. The number of hydrogen-bond donors (Lipinski definition) is 0. The quantitative estimate of drug-likeness (QED) is 0.871. The van der Waals surface area contributed by atoms with Crippen molar-refractivity contribution in [2.75, 3.05) is 7.05 Å². The molecule has 21 heavy (non-hydrogen) atoms. The zero-order valence-electron chi connectivity index (χ0n) is 12.4. The van der Waals surface area contributed by atoms with Gasteiger partial charge in [-0.2, -0.15) is 0 Å². The molecule has 0 aromatic carbocycles. The van der Waals surface area contributed by atoms with Crippen molar-refractivity contribution >= 4 is 17.2 Å². The second-order valence-corrected chi connectivity index (χ2v) is 6.50. The number of thiazole rings is 1. The van der Waals surface area contributed by atoms with E-state index in [0.29, 0.717) is 21.6 Å². The fourth-order valence-corrected chi connectivity index (χ4v) is 3.34. The number of hydrogen-bond acceptors (Lipinski definition) is 5. The second kappa shape index (κ2) is 5.52. The van der Waals surface area contributed by atoms with Gasteiger partial charge in [-0.05, 0) is 38.7 Å². The minimum absolute atomic E-state index is 0.0478. The van der Waals surface area contributed by atoms with Gasteiger partial charge in [0.2, 0.25) is 0 Å². The Morgan fingerprint density at radius 3 is 2.67 bits per heavy atom. The van der Waals surface area contributed by atoms with Crippen LogP contribution in [0.5, 0.6) is 0 Å². The molecular formula is C15H18N4OS. The molecule has 0 radical (unpaired) electrons. The Bertz CT molecular complexity index is 651. The number of amides is 1. The lowest BCUT2D eigenvalue weighted by molar-refractivity contribution is 0.0731. The van der Waals surface area contributed by atoms with E-state index in [1.807, 2.05) is 18.9 Å². The monoisotopic (exact) mass is 302 g/mol. The highest BCUT2D eigenvalue weighted by Gasteiger charge is 2.33. The molecular weight excluding hydrogens is 284 g/mol. The van der Waals surface area contributed by atoms with Crippen LogP contribution in [0.4, 0.5) is 0 Å². The van der Waals surface area contributed by atoms with Gasteiger partial charge in [-0.15, -0.1) is 11.3 Å². The predicted molar refractivity (Wildman–Crippen MR) is 82.2 cm³/mol. The lowest BCUT2D eigenvalue weighted by Gasteiger charge is -2.24. The molecule has 0 bridgehead atoms. The third-order valence-electron chi connectivity index (χ3n) is 3.98. The van der Waals surface area contributed by atoms with Crippen LogP contribution in [0.1, 0.15) is 35.1 Å². The Morgan fingerprint density at radius 1 is 1.38 bits per heavy atom. The smallest absolute Gasteiger partial charge is 0.265 e. The van der Waals surface area contributed by atoms with Gasteiger partial charge in [-0.25, -0.2) is 15.0 Å². The molecule has 0 aliphatic heterocycles. The van der Waals surface area contributed by atoms with Crippen molar-refractivity contribution in [2.45, 2.75) is 32.7 Å².